The number of aryl methyl sites for hydroxylation is 3. The van der Waals surface area contributed by atoms with Crippen LogP contribution in [0.5, 0.6) is 0 Å². The van der Waals surface area contributed by atoms with Crippen molar-refractivity contribution in [1.82, 2.24) is 24.8 Å². The number of nitrogens with zero attached hydrogens (tertiary/aromatic N) is 5. The zero-order chi connectivity index (χ0) is 17.1. The highest BCUT2D eigenvalue weighted by Gasteiger charge is 2.23. The van der Waals surface area contributed by atoms with Gasteiger partial charge < -0.3 is 4.52 Å². The Hall–Kier alpha value is -2.22. The second-order valence-corrected chi connectivity index (χ2v) is 6.51. The van der Waals surface area contributed by atoms with E-state index in [0.29, 0.717) is 18.3 Å². The molecule has 3 heterocycles. The standard InChI is InChI=1S/C16H24N6O2/c1-11-7-16(24-20-11)18-15(23)10-21-6-4-5-14(8-21)9-22-13(3)17-12(2)19-22/h7,14H,4-6,8-10H2,1-3H3,(H,18,23)/t14-/m1/s1. The molecule has 2 aromatic heterocycles. The number of likely N-dealkylation sites (tertiary alicyclic amines) is 1. The highest BCUT2D eigenvalue weighted by atomic mass is 16.5. The smallest absolute Gasteiger partial charge is 0.240 e. The molecular formula is C16H24N6O2. The minimum absolute atomic E-state index is 0.0698. The van der Waals surface area contributed by atoms with Crippen LogP contribution in [0.1, 0.15) is 30.2 Å². The first-order chi connectivity index (χ1) is 11.5. The molecule has 0 saturated carbocycles. The largest absolute Gasteiger partial charge is 0.338 e. The van der Waals surface area contributed by atoms with Crippen LogP contribution in [0.4, 0.5) is 5.88 Å². The van der Waals surface area contributed by atoms with Crippen molar-refractivity contribution in [3.63, 3.8) is 0 Å². The molecule has 0 radical (unpaired) electrons. The first kappa shape index (κ1) is 16.6. The summed E-state index contributed by atoms with van der Waals surface area (Å²) in [6.07, 6.45) is 2.24. The molecule has 0 bridgehead atoms. The van der Waals surface area contributed by atoms with Crippen LogP contribution >= 0.6 is 0 Å². The third-order valence-electron chi connectivity index (χ3n) is 4.25. The van der Waals surface area contributed by atoms with Crippen molar-refractivity contribution in [1.29, 1.82) is 0 Å². The van der Waals surface area contributed by atoms with Crippen molar-refractivity contribution in [2.75, 3.05) is 25.0 Å². The van der Waals surface area contributed by atoms with Crippen LogP contribution in [0.25, 0.3) is 0 Å². The molecule has 1 atom stereocenters. The average molecular weight is 332 g/mol. The number of nitrogens with one attached hydrogen (secondary N) is 1. The van der Waals surface area contributed by atoms with E-state index in [2.05, 4.69) is 25.5 Å². The number of carbonyl (C=O) groups excluding carboxylic acids is 1. The summed E-state index contributed by atoms with van der Waals surface area (Å²) < 4.78 is 6.99. The van der Waals surface area contributed by atoms with E-state index < -0.39 is 0 Å². The Kier molecular flexibility index (Phi) is 4.94. The molecule has 24 heavy (non-hydrogen) atoms. The van der Waals surface area contributed by atoms with Gasteiger partial charge in [-0.2, -0.15) is 5.10 Å². The Labute approximate surface area is 141 Å². The van der Waals surface area contributed by atoms with Crippen LogP contribution in [0, 0.1) is 26.7 Å². The molecule has 2 aromatic rings. The Morgan fingerprint density at radius 2 is 2.25 bits per heavy atom. The molecule has 0 aliphatic carbocycles. The fourth-order valence-corrected chi connectivity index (χ4v) is 3.23. The minimum atomic E-state index is -0.0698. The van der Waals surface area contributed by atoms with Gasteiger partial charge in [0, 0.05) is 19.2 Å². The van der Waals surface area contributed by atoms with Crippen molar-refractivity contribution in [2.24, 2.45) is 5.92 Å². The van der Waals surface area contributed by atoms with E-state index in [1.165, 1.54) is 0 Å². The summed E-state index contributed by atoms with van der Waals surface area (Å²) in [5.41, 5.74) is 0.752. The number of rotatable bonds is 5. The van der Waals surface area contributed by atoms with Crippen LogP contribution < -0.4 is 5.32 Å². The summed E-state index contributed by atoms with van der Waals surface area (Å²) in [6, 6.07) is 1.72. The average Bonchev–Trinajstić information content (AvgIpc) is 3.05. The zero-order valence-corrected chi connectivity index (χ0v) is 14.4. The van der Waals surface area contributed by atoms with Crippen LogP contribution in [-0.2, 0) is 11.3 Å². The number of hydrogen-bond acceptors (Lipinski definition) is 6. The number of piperidine rings is 1. The SMILES string of the molecule is Cc1cc(NC(=O)CN2CCC[C@@H](Cn3nc(C)nc3C)C2)on1. The fourth-order valence-electron chi connectivity index (χ4n) is 3.23. The Bertz CT molecular complexity index is 707. The highest BCUT2D eigenvalue weighted by molar-refractivity contribution is 5.90. The predicted molar refractivity (Wildman–Crippen MR) is 88.5 cm³/mol. The second kappa shape index (κ2) is 7.12. The highest BCUT2D eigenvalue weighted by Crippen LogP contribution is 2.19. The first-order valence-electron chi connectivity index (χ1n) is 8.33. The normalized spacial score (nSPS) is 18.7. The molecular weight excluding hydrogens is 308 g/mol. The third kappa shape index (κ3) is 4.19. The lowest BCUT2D eigenvalue weighted by atomic mass is 9.98. The van der Waals surface area contributed by atoms with Crippen molar-refractivity contribution < 1.29 is 9.32 Å². The van der Waals surface area contributed by atoms with Gasteiger partial charge in [-0.05, 0) is 46.1 Å². The maximum Gasteiger partial charge on any atom is 0.240 e. The predicted octanol–water partition coefficient (Wildman–Crippen LogP) is 1.54. The number of amides is 1. The van der Waals surface area contributed by atoms with Gasteiger partial charge in [0.2, 0.25) is 11.8 Å². The molecule has 1 N–H and O–H groups in total. The van der Waals surface area contributed by atoms with Crippen molar-refractivity contribution in [3.8, 4) is 0 Å². The molecule has 8 nitrogen and oxygen atoms in total. The van der Waals surface area contributed by atoms with Crippen LogP contribution in [0.2, 0.25) is 0 Å². The fraction of sp³-hybridized carbons (Fsp3) is 0.625. The molecule has 1 aliphatic rings. The van der Waals surface area contributed by atoms with Gasteiger partial charge >= 0.3 is 0 Å². The summed E-state index contributed by atoms with van der Waals surface area (Å²) in [4.78, 5) is 18.7. The lowest BCUT2D eigenvalue weighted by Crippen LogP contribution is -2.41. The molecule has 1 amide bonds. The van der Waals surface area contributed by atoms with E-state index in [-0.39, 0.29) is 5.91 Å². The van der Waals surface area contributed by atoms with E-state index >= 15 is 0 Å². The monoisotopic (exact) mass is 332 g/mol. The molecule has 0 spiro atoms. The molecule has 0 aromatic carbocycles. The number of hydrogen-bond donors (Lipinski definition) is 1. The lowest BCUT2D eigenvalue weighted by Gasteiger charge is -2.32. The van der Waals surface area contributed by atoms with Crippen molar-refractivity contribution in [2.45, 2.75) is 40.2 Å². The quantitative estimate of drug-likeness (QED) is 0.893. The summed E-state index contributed by atoms with van der Waals surface area (Å²) in [6.45, 7) is 8.76. The number of aromatic nitrogens is 4. The van der Waals surface area contributed by atoms with Gasteiger partial charge in [0.05, 0.1) is 12.2 Å². The molecule has 8 heteroatoms. The number of anilines is 1. The van der Waals surface area contributed by atoms with Crippen molar-refractivity contribution in [3.05, 3.63) is 23.4 Å². The zero-order valence-electron chi connectivity index (χ0n) is 14.4. The molecule has 1 saturated heterocycles. The van der Waals surface area contributed by atoms with Crippen LogP contribution in [-0.4, -0.2) is 50.4 Å². The van der Waals surface area contributed by atoms with E-state index in [1.54, 1.807) is 6.07 Å². The third-order valence-corrected chi connectivity index (χ3v) is 4.25. The summed E-state index contributed by atoms with van der Waals surface area (Å²) >= 11 is 0. The van der Waals surface area contributed by atoms with E-state index in [9.17, 15) is 4.79 Å². The molecule has 130 valence electrons. The first-order valence-corrected chi connectivity index (χ1v) is 8.33. The van der Waals surface area contributed by atoms with Gasteiger partial charge in [-0.3, -0.25) is 15.0 Å². The van der Waals surface area contributed by atoms with Gasteiger partial charge in [0.25, 0.3) is 0 Å². The van der Waals surface area contributed by atoms with Gasteiger partial charge in [-0.1, -0.05) is 5.16 Å². The van der Waals surface area contributed by atoms with E-state index in [4.69, 9.17) is 4.52 Å². The topological polar surface area (TPSA) is 89.1 Å². The Morgan fingerprint density at radius 3 is 2.92 bits per heavy atom. The van der Waals surface area contributed by atoms with Gasteiger partial charge in [-0.25, -0.2) is 9.67 Å². The van der Waals surface area contributed by atoms with E-state index in [0.717, 1.165) is 49.8 Å². The molecule has 3 rings (SSSR count). The summed E-state index contributed by atoms with van der Waals surface area (Å²) in [5, 5.41) is 11.0. The minimum Gasteiger partial charge on any atom is -0.338 e. The molecule has 1 aliphatic heterocycles. The van der Waals surface area contributed by atoms with Crippen LogP contribution in [0.3, 0.4) is 0 Å². The maximum absolute atomic E-state index is 12.1. The lowest BCUT2D eigenvalue weighted by molar-refractivity contribution is -0.117. The van der Waals surface area contributed by atoms with E-state index in [1.807, 2.05) is 25.5 Å². The van der Waals surface area contributed by atoms with Crippen molar-refractivity contribution >= 4 is 11.8 Å². The summed E-state index contributed by atoms with van der Waals surface area (Å²) in [7, 11) is 0. The van der Waals surface area contributed by atoms with Crippen LogP contribution in [0.15, 0.2) is 10.6 Å². The maximum atomic E-state index is 12.1. The summed E-state index contributed by atoms with van der Waals surface area (Å²) in [5.74, 6) is 2.57. The Morgan fingerprint density at radius 1 is 1.42 bits per heavy atom. The molecule has 1 fully saturated rings. The van der Waals surface area contributed by atoms with Gasteiger partial charge in [0.1, 0.15) is 11.6 Å². The second-order valence-electron chi connectivity index (χ2n) is 6.51. The number of carbonyl (C=O) groups is 1. The molecule has 0 unspecified atom stereocenters. The van der Waals surface area contributed by atoms with Gasteiger partial charge in [0.15, 0.2) is 0 Å². The van der Waals surface area contributed by atoms with Gasteiger partial charge in [-0.15, -0.1) is 0 Å². The Balaban J connectivity index is 1.51.